The number of amides is 3. The minimum Gasteiger partial charge on any atom is -0.497 e. The van der Waals surface area contributed by atoms with Crippen molar-refractivity contribution in [1.29, 1.82) is 0 Å². The van der Waals surface area contributed by atoms with Gasteiger partial charge in [0.05, 0.1) is 31.4 Å². The zero-order valence-electron chi connectivity index (χ0n) is 18.9. The van der Waals surface area contributed by atoms with Crippen molar-refractivity contribution in [3.63, 3.8) is 0 Å². The van der Waals surface area contributed by atoms with Gasteiger partial charge < -0.3 is 10.1 Å². The van der Waals surface area contributed by atoms with Crippen LogP contribution in [0.15, 0.2) is 60.7 Å². The van der Waals surface area contributed by atoms with Crippen LogP contribution in [0.1, 0.15) is 36.9 Å². The first-order chi connectivity index (χ1) is 16.0. The number of allylic oxidation sites excluding steroid dienone is 2. The number of hydrogen-bond donors (Lipinski definition) is 1. The molecular formula is C27H28N2O4. The van der Waals surface area contributed by atoms with E-state index in [9.17, 15) is 14.4 Å². The number of hydrogen-bond acceptors (Lipinski definition) is 4. The van der Waals surface area contributed by atoms with Gasteiger partial charge in [0.2, 0.25) is 17.7 Å². The third-order valence-corrected chi connectivity index (χ3v) is 7.34. The van der Waals surface area contributed by atoms with Crippen LogP contribution in [0.3, 0.4) is 0 Å². The molecule has 0 radical (unpaired) electrons. The molecule has 1 N–H and O–H groups in total. The minimum absolute atomic E-state index is 0.0111. The fraction of sp³-hybridized carbons (Fsp3) is 0.370. The Morgan fingerprint density at radius 1 is 1.00 bits per heavy atom. The molecule has 1 aliphatic heterocycles. The van der Waals surface area contributed by atoms with Crippen molar-refractivity contribution >= 4 is 23.4 Å². The highest BCUT2D eigenvalue weighted by Gasteiger charge is 2.60. The van der Waals surface area contributed by atoms with Gasteiger partial charge in [0, 0.05) is 5.69 Å². The van der Waals surface area contributed by atoms with E-state index in [4.69, 9.17) is 4.74 Å². The van der Waals surface area contributed by atoms with E-state index in [-0.39, 0.29) is 47.8 Å². The van der Waals surface area contributed by atoms with E-state index >= 15 is 0 Å². The van der Waals surface area contributed by atoms with Crippen LogP contribution in [0.2, 0.25) is 0 Å². The number of benzene rings is 2. The highest BCUT2D eigenvalue weighted by atomic mass is 16.5. The van der Waals surface area contributed by atoms with Gasteiger partial charge in [0.1, 0.15) is 5.75 Å². The number of fused-ring (bicyclic) bond motifs is 5. The number of imide groups is 1. The van der Waals surface area contributed by atoms with Crippen molar-refractivity contribution in [1.82, 2.24) is 4.90 Å². The summed E-state index contributed by atoms with van der Waals surface area (Å²) in [7, 11) is 1.59. The molecule has 1 heterocycles. The molecule has 3 aliphatic rings. The van der Waals surface area contributed by atoms with Crippen LogP contribution >= 0.6 is 0 Å². The fourth-order valence-electron chi connectivity index (χ4n) is 5.63. The maximum atomic E-state index is 13.5. The Bertz CT molecular complexity index is 1080. The molecule has 6 nitrogen and oxygen atoms in total. The molecule has 5 atom stereocenters. The molecule has 3 amide bonds. The molecule has 5 unspecified atom stereocenters. The van der Waals surface area contributed by atoms with Crippen LogP contribution in [0.25, 0.3) is 0 Å². The summed E-state index contributed by atoms with van der Waals surface area (Å²) in [6.07, 6.45) is 5.96. The van der Waals surface area contributed by atoms with Crippen LogP contribution in [-0.2, 0) is 20.8 Å². The molecule has 2 bridgehead atoms. The van der Waals surface area contributed by atoms with Crippen LogP contribution in [-0.4, -0.2) is 29.7 Å². The van der Waals surface area contributed by atoms with Gasteiger partial charge in [-0.2, -0.15) is 0 Å². The Hall–Kier alpha value is -3.41. The van der Waals surface area contributed by atoms with Gasteiger partial charge in [-0.15, -0.1) is 0 Å². The summed E-state index contributed by atoms with van der Waals surface area (Å²) in [5.41, 5.74) is 2.61. The Kier molecular flexibility index (Phi) is 5.52. The monoisotopic (exact) mass is 444 g/mol. The molecule has 2 fully saturated rings. The molecule has 2 aromatic rings. The predicted octanol–water partition coefficient (Wildman–Crippen LogP) is 4.13. The third kappa shape index (κ3) is 3.73. The average Bonchev–Trinajstić information content (AvgIpc) is 3.52. The molecule has 6 heteroatoms. The quantitative estimate of drug-likeness (QED) is 0.515. The number of carbonyl (C=O) groups excluding carboxylic acids is 3. The normalized spacial score (nSPS) is 25.9. The van der Waals surface area contributed by atoms with Crippen molar-refractivity contribution < 1.29 is 19.1 Å². The van der Waals surface area contributed by atoms with E-state index in [1.165, 1.54) is 10.5 Å². The number of nitrogens with zero attached hydrogens (tertiary/aromatic N) is 1. The van der Waals surface area contributed by atoms with Gasteiger partial charge in [0.25, 0.3) is 0 Å². The van der Waals surface area contributed by atoms with Gasteiger partial charge >= 0.3 is 0 Å². The van der Waals surface area contributed by atoms with E-state index in [1.807, 2.05) is 24.3 Å². The number of ether oxygens (including phenoxy) is 1. The average molecular weight is 445 g/mol. The fourth-order valence-corrected chi connectivity index (χ4v) is 5.63. The second-order valence-electron chi connectivity index (χ2n) is 9.14. The second kappa shape index (κ2) is 8.50. The first-order valence-electron chi connectivity index (χ1n) is 11.6. The lowest BCUT2D eigenvalue weighted by molar-refractivity contribution is -0.144. The van der Waals surface area contributed by atoms with E-state index in [0.29, 0.717) is 11.4 Å². The van der Waals surface area contributed by atoms with Crippen LogP contribution in [0, 0.1) is 23.7 Å². The Morgan fingerprint density at radius 3 is 2.15 bits per heavy atom. The second-order valence-corrected chi connectivity index (χ2v) is 9.14. The SMILES string of the molecule is CCc1ccc(C(CC(=O)Nc2ccc(OC)cc2)N2C(=O)C3C4C=CC(C4)C3C2=O)cc1. The molecule has 0 spiro atoms. The Labute approximate surface area is 193 Å². The number of likely N-dealkylation sites (tertiary alicyclic amines) is 1. The van der Waals surface area contributed by atoms with Crippen molar-refractivity contribution in [2.24, 2.45) is 23.7 Å². The minimum atomic E-state index is -0.626. The molecule has 1 saturated heterocycles. The maximum absolute atomic E-state index is 13.5. The molecule has 2 aliphatic carbocycles. The van der Waals surface area contributed by atoms with Gasteiger partial charge in [-0.3, -0.25) is 19.3 Å². The summed E-state index contributed by atoms with van der Waals surface area (Å²) in [6.45, 7) is 2.08. The topological polar surface area (TPSA) is 75.7 Å². The first-order valence-corrected chi connectivity index (χ1v) is 11.6. The standard InChI is InChI=1S/C27H28N2O4/c1-3-16-4-6-17(7-5-16)22(15-23(30)28-20-10-12-21(33-2)13-11-20)29-26(31)24-18-8-9-19(14-18)25(24)27(29)32/h4-13,18-19,22,24-25H,3,14-15H2,1-2H3,(H,28,30). The number of aryl methyl sites for hydroxylation is 1. The molecule has 0 aromatic heterocycles. The Balaban J connectivity index is 1.41. The summed E-state index contributed by atoms with van der Waals surface area (Å²) in [5, 5.41) is 2.89. The Morgan fingerprint density at radius 2 is 1.61 bits per heavy atom. The number of rotatable bonds is 7. The van der Waals surface area contributed by atoms with Crippen molar-refractivity contribution in [3.8, 4) is 5.75 Å². The molecule has 1 saturated carbocycles. The molecule has 170 valence electrons. The summed E-state index contributed by atoms with van der Waals surface area (Å²) in [6, 6.07) is 14.3. The van der Waals surface area contributed by atoms with E-state index in [0.717, 1.165) is 18.4 Å². The summed E-state index contributed by atoms with van der Waals surface area (Å²) < 4.78 is 5.17. The molecule has 33 heavy (non-hydrogen) atoms. The van der Waals surface area contributed by atoms with E-state index < -0.39 is 6.04 Å². The van der Waals surface area contributed by atoms with Crippen molar-refractivity contribution in [3.05, 3.63) is 71.8 Å². The number of carbonyl (C=O) groups is 3. The number of methoxy groups -OCH3 is 1. The van der Waals surface area contributed by atoms with Crippen LogP contribution in [0.4, 0.5) is 5.69 Å². The zero-order valence-corrected chi connectivity index (χ0v) is 18.9. The van der Waals surface area contributed by atoms with Gasteiger partial charge in [-0.25, -0.2) is 0 Å². The lowest BCUT2D eigenvalue weighted by atomic mass is 9.85. The lowest BCUT2D eigenvalue weighted by Gasteiger charge is -2.28. The van der Waals surface area contributed by atoms with Gasteiger partial charge in [-0.05, 0) is 60.1 Å². The summed E-state index contributed by atoms with van der Waals surface area (Å²) in [5.74, 6) is -0.111. The molecule has 5 rings (SSSR count). The molecular weight excluding hydrogens is 416 g/mol. The van der Waals surface area contributed by atoms with E-state index in [2.05, 4.69) is 24.4 Å². The zero-order chi connectivity index (χ0) is 23.1. The smallest absolute Gasteiger partial charge is 0.234 e. The van der Waals surface area contributed by atoms with Crippen LogP contribution in [0.5, 0.6) is 5.75 Å². The van der Waals surface area contributed by atoms with Crippen LogP contribution < -0.4 is 10.1 Å². The first kappa shape index (κ1) is 21.4. The maximum Gasteiger partial charge on any atom is 0.234 e. The summed E-state index contributed by atoms with van der Waals surface area (Å²) in [4.78, 5) is 41.3. The highest BCUT2D eigenvalue weighted by molar-refractivity contribution is 6.07. The predicted molar refractivity (Wildman–Crippen MR) is 124 cm³/mol. The third-order valence-electron chi connectivity index (χ3n) is 7.34. The van der Waals surface area contributed by atoms with Gasteiger partial charge in [-0.1, -0.05) is 43.3 Å². The van der Waals surface area contributed by atoms with Crippen molar-refractivity contribution in [2.45, 2.75) is 32.2 Å². The summed E-state index contributed by atoms with van der Waals surface area (Å²) >= 11 is 0. The van der Waals surface area contributed by atoms with E-state index in [1.54, 1.807) is 31.4 Å². The largest absolute Gasteiger partial charge is 0.497 e. The highest BCUT2D eigenvalue weighted by Crippen LogP contribution is 2.54. The molecule has 2 aromatic carbocycles. The van der Waals surface area contributed by atoms with Gasteiger partial charge in [0.15, 0.2) is 0 Å². The number of nitrogens with one attached hydrogen (secondary N) is 1. The van der Waals surface area contributed by atoms with Crippen molar-refractivity contribution in [2.75, 3.05) is 12.4 Å². The number of anilines is 1. The lowest BCUT2D eigenvalue weighted by Crippen LogP contribution is -2.38.